The number of ether oxygens (including phenoxy) is 1. The molecular weight excluding hydrogens is 274 g/mol. The van der Waals surface area contributed by atoms with Crippen LogP contribution in [-0.4, -0.2) is 19.1 Å². The molecule has 0 fully saturated rings. The van der Waals surface area contributed by atoms with Crippen molar-refractivity contribution in [3.63, 3.8) is 0 Å². The fraction of sp³-hybridized carbons (Fsp3) is 0.278. The van der Waals surface area contributed by atoms with Crippen LogP contribution in [0.4, 0.5) is 0 Å². The molecule has 0 spiro atoms. The summed E-state index contributed by atoms with van der Waals surface area (Å²) in [6.45, 7) is 3.90. The molecular formula is C18H23N3O. The van der Waals surface area contributed by atoms with E-state index >= 15 is 0 Å². The Bertz CT molecular complexity index is 596. The molecule has 4 nitrogen and oxygen atoms in total. The first-order valence-corrected chi connectivity index (χ1v) is 7.58. The van der Waals surface area contributed by atoms with Crippen molar-refractivity contribution < 1.29 is 4.74 Å². The zero-order valence-electron chi connectivity index (χ0n) is 13.0. The molecule has 2 rings (SSSR count). The molecule has 0 unspecified atom stereocenters. The van der Waals surface area contributed by atoms with E-state index in [-0.39, 0.29) is 0 Å². The smallest absolute Gasteiger partial charge is 0.188 e. The minimum absolute atomic E-state index is 0.460. The zero-order valence-corrected chi connectivity index (χ0v) is 13.0. The van der Waals surface area contributed by atoms with Crippen LogP contribution in [0.2, 0.25) is 0 Å². The Balaban J connectivity index is 1.82. The van der Waals surface area contributed by atoms with Crippen LogP contribution >= 0.6 is 0 Å². The van der Waals surface area contributed by atoms with Gasteiger partial charge in [-0.1, -0.05) is 48.5 Å². The van der Waals surface area contributed by atoms with Crippen molar-refractivity contribution in [2.75, 3.05) is 13.2 Å². The highest BCUT2D eigenvalue weighted by Gasteiger charge is 2.01. The molecule has 0 aliphatic carbocycles. The number of benzene rings is 2. The van der Waals surface area contributed by atoms with Crippen molar-refractivity contribution in [3.05, 3.63) is 65.7 Å². The fourth-order valence-electron chi connectivity index (χ4n) is 2.14. The standard InChI is InChI=1S/C18H23N3O/c1-2-22-17-11-7-6-10-16(17)14-21-18(19)20-13-12-15-8-4-3-5-9-15/h3-11H,2,12-14H2,1H3,(H3,19,20,21). The molecule has 0 aromatic heterocycles. The molecule has 0 saturated carbocycles. The number of nitrogens with two attached hydrogens (primary N) is 1. The molecule has 0 atom stereocenters. The van der Waals surface area contributed by atoms with Crippen LogP contribution in [0.1, 0.15) is 18.1 Å². The maximum absolute atomic E-state index is 5.91. The first-order valence-electron chi connectivity index (χ1n) is 7.58. The SMILES string of the molecule is CCOc1ccccc1CN=C(N)NCCc1ccccc1. The lowest BCUT2D eigenvalue weighted by Gasteiger charge is -2.09. The fourth-order valence-corrected chi connectivity index (χ4v) is 2.14. The number of aliphatic imine (C=N–C) groups is 1. The average molecular weight is 297 g/mol. The van der Waals surface area contributed by atoms with Crippen LogP contribution < -0.4 is 15.8 Å². The van der Waals surface area contributed by atoms with Gasteiger partial charge in [-0.3, -0.25) is 0 Å². The molecule has 116 valence electrons. The lowest BCUT2D eigenvalue weighted by Crippen LogP contribution is -2.33. The largest absolute Gasteiger partial charge is 0.494 e. The van der Waals surface area contributed by atoms with Crippen molar-refractivity contribution in [2.45, 2.75) is 19.9 Å². The van der Waals surface area contributed by atoms with E-state index in [1.165, 1.54) is 5.56 Å². The third-order valence-electron chi connectivity index (χ3n) is 3.25. The molecule has 2 aromatic carbocycles. The molecule has 0 aliphatic rings. The second-order valence-corrected chi connectivity index (χ2v) is 4.90. The van der Waals surface area contributed by atoms with Gasteiger partial charge in [0.2, 0.25) is 0 Å². The third kappa shape index (κ3) is 5.13. The number of rotatable bonds is 7. The predicted octanol–water partition coefficient (Wildman–Crippen LogP) is 2.73. The molecule has 0 heterocycles. The van der Waals surface area contributed by atoms with Crippen LogP contribution in [0.25, 0.3) is 0 Å². The Morgan fingerprint density at radius 3 is 2.59 bits per heavy atom. The number of hydrogen-bond acceptors (Lipinski definition) is 2. The van der Waals surface area contributed by atoms with Crippen LogP contribution in [0.3, 0.4) is 0 Å². The molecule has 0 bridgehead atoms. The first-order chi connectivity index (χ1) is 10.8. The van der Waals surface area contributed by atoms with Gasteiger partial charge < -0.3 is 15.8 Å². The summed E-state index contributed by atoms with van der Waals surface area (Å²) in [5.41, 5.74) is 8.23. The van der Waals surface area contributed by atoms with Gasteiger partial charge >= 0.3 is 0 Å². The van der Waals surface area contributed by atoms with Gasteiger partial charge in [0.15, 0.2) is 5.96 Å². The van der Waals surface area contributed by atoms with Crippen LogP contribution in [0.15, 0.2) is 59.6 Å². The lowest BCUT2D eigenvalue weighted by molar-refractivity contribution is 0.336. The summed E-state index contributed by atoms with van der Waals surface area (Å²) in [7, 11) is 0. The second-order valence-electron chi connectivity index (χ2n) is 4.90. The van der Waals surface area contributed by atoms with E-state index in [1.54, 1.807) is 0 Å². The Labute approximate surface area is 132 Å². The predicted molar refractivity (Wildman–Crippen MR) is 91.1 cm³/mol. The van der Waals surface area contributed by atoms with E-state index in [9.17, 15) is 0 Å². The number of para-hydroxylation sites is 1. The Hall–Kier alpha value is -2.49. The highest BCUT2D eigenvalue weighted by Crippen LogP contribution is 2.18. The van der Waals surface area contributed by atoms with Crippen LogP contribution in [0, 0.1) is 0 Å². The van der Waals surface area contributed by atoms with Gasteiger partial charge in [-0.15, -0.1) is 0 Å². The van der Waals surface area contributed by atoms with Crippen LogP contribution in [0.5, 0.6) is 5.75 Å². The van der Waals surface area contributed by atoms with Crippen LogP contribution in [-0.2, 0) is 13.0 Å². The first kappa shape index (κ1) is 15.9. The van der Waals surface area contributed by atoms with Crippen molar-refractivity contribution in [3.8, 4) is 5.75 Å². The number of nitrogens with zero attached hydrogens (tertiary/aromatic N) is 1. The van der Waals surface area contributed by atoms with Gasteiger partial charge in [-0.25, -0.2) is 4.99 Å². The normalized spacial score (nSPS) is 11.2. The quantitative estimate of drug-likeness (QED) is 0.610. The topological polar surface area (TPSA) is 59.6 Å². The molecule has 3 N–H and O–H groups in total. The molecule has 0 amide bonds. The van der Waals surface area contributed by atoms with Gasteiger partial charge in [0.1, 0.15) is 5.75 Å². The molecule has 0 aliphatic heterocycles. The van der Waals surface area contributed by atoms with E-state index in [0.29, 0.717) is 19.1 Å². The molecule has 0 radical (unpaired) electrons. The van der Waals surface area contributed by atoms with Gasteiger partial charge in [0.05, 0.1) is 13.2 Å². The summed E-state index contributed by atoms with van der Waals surface area (Å²) in [6.07, 6.45) is 0.923. The number of nitrogens with one attached hydrogen (secondary N) is 1. The number of hydrogen-bond donors (Lipinski definition) is 2. The van der Waals surface area contributed by atoms with E-state index in [1.807, 2.05) is 49.4 Å². The molecule has 22 heavy (non-hydrogen) atoms. The number of guanidine groups is 1. The lowest BCUT2D eigenvalue weighted by atomic mass is 10.1. The monoisotopic (exact) mass is 297 g/mol. The minimum atomic E-state index is 0.460. The third-order valence-corrected chi connectivity index (χ3v) is 3.25. The van der Waals surface area contributed by atoms with Crippen molar-refractivity contribution >= 4 is 5.96 Å². The van der Waals surface area contributed by atoms with Crippen molar-refractivity contribution in [1.82, 2.24) is 5.32 Å². The maximum Gasteiger partial charge on any atom is 0.188 e. The van der Waals surface area contributed by atoms with E-state index < -0.39 is 0 Å². The minimum Gasteiger partial charge on any atom is -0.494 e. The summed E-state index contributed by atoms with van der Waals surface area (Å²) >= 11 is 0. The zero-order chi connectivity index (χ0) is 15.6. The summed E-state index contributed by atoms with van der Waals surface area (Å²) in [4.78, 5) is 4.37. The summed E-state index contributed by atoms with van der Waals surface area (Å²) in [5, 5.41) is 3.14. The highest BCUT2D eigenvalue weighted by molar-refractivity contribution is 5.77. The Morgan fingerprint density at radius 2 is 1.82 bits per heavy atom. The van der Waals surface area contributed by atoms with Crippen molar-refractivity contribution in [2.24, 2.45) is 10.7 Å². The Kier molecular flexibility index (Phi) is 6.30. The summed E-state index contributed by atoms with van der Waals surface area (Å²) < 4.78 is 5.58. The molecule has 4 heteroatoms. The Morgan fingerprint density at radius 1 is 1.09 bits per heavy atom. The van der Waals surface area contributed by atoms with E-state index in [0.717, 1.165) is 24.3 Å². The molecule has 2 aromatic rings. The second kappa shape index (κ2) is 8.72. The van der Waals surface area contributed by atoms with Gasteiger partial charge in [-0.2, -0.15) is 0 Å². The average Bonchev–Trinajstić information content (AvgIpc) is 2.55. The van der Waals surface area contributed by atoms with E-state index in [2.05, 4.69) is 22.4 Å². The maximum atomic E-state index is 5.91. The van der Waals surface area contributed by atoms with Gasteiger partial charge in [-0.05, 0) is 25.0 Å². The summed E-state index contributed by atoms with van der Waals surface area (Å²) in [6, 6.07) is 18.2. The van der Waals surface area contributed by atoms with Gasteiger partial charge in [0.25, 0.3) is 0 Å². The van der Waals surface area contributed by atoms with Crippen molar-refractivity contribution in [1.29, 1.82) is 0 Å². The highest BCUT2D eigenvalue weighted by atomic mass is 16.5. The van der Waals surface area contributed by atoms with Gasteiger partial charge in [0, 0.05) is 12.1 Å². The summed E-state index contributed by atoms with van der Waals surface area (Å²) in [5.74, 6) is 1.33. The molecule has 0 saturated heterocycles. The van der Waals surface area contributed by atoms with E-state index in [4.69, 9.17) is 10.5 Å².